The number of pyridine rings is 2. The van der Waals surface area contributed by atoms with E-state index in [1.54, 1.807) is 31.5 Å². The average Bonchev–Trinajstić information content (AvgIpc) is 2.80. The highest BCUT2D eigenvalue weighted by Crippen LogP contribution is 2.39. The number of aromatic nitrogens is 2. The van der Waals surface area contributed by atoms with Crippen molar-refractivity contribution >= 4 is 17.6 Å². The zero-order valence-corrected chi connectivity index (χ0v) is 19.0. The van der Waals surface area contributed by atoms with E-state index < -0.39 is 6.10 Å². The zero-order valence-electron chi connectivity index (χ0n) is 18.2. The molecule has 0 spiro atoms. The number of nitrogens with zero attached hydrogens (tertiary/aromatic N) is 5. The second-order valence-corrected chi connectivity index (χ2v) is 8.73. The van der Waals surface area contributed by atoms with Crippen molar-refractivity contribution in [1.29, 1.82) is 10.5 Å². The van der Waals surface area contributed by atoms with Crippen LogP contribution in [0.1, 0.15) is 30.0 Å². The second-order valence-electron chi connectivity index (χ2n) is 7.76. The number of nitriles is 2. The molecule has 1 unspecified atom stereocenters. The van der Waals surface area contributed by atoms with Gasteiger partial charge < -0.3 is 14.7 Å². The fourth-order valence-electron chi connectivity index (χ4n) is 3.48. The Morgan fingerprint density at radius 2 is 1.91 bits per heavy atom. The van der Waals surface area contributed by atoms with E-state index in [-0.39, 0.29) is 6.61 Å². The van der Waals surface area contributed by atoms with Crippen LogP contribution in [0.5, 0.6) is 5.75 Å². The molecular formula is C25H23N5O2S. The number of ether oxygens (including phenoxy) is 1. The number of thioether (sulfide) groups is 1. The molecule has 1 aliphatic rings. The van der Waals surface area contributed by atoms with Crippen LogP contribution in [0.25, 0.3) is 11.1 Å². The summed E-state index contributed by atoms with van der Waals surface area (Å²) in [5.41, 5.74) is 3.17. The summed E-state index contributed by atoms with van der Waals surface area (Å²) in [6, 6.07) is 15.7. The molecule has 0 aliphatic carbocycles. The maximum absolute atomic E-state index is 10.1. The Morgan fingerprint density at radius 1 is 1.15 bits per heavy atom. The van der Waals surface area contributed by atoms with Crippen LogP contribution in [-0.2, 0) is 5.75 Å². The second kappa shape index (κ2) is 10.4. The normalized spacial score (nSPS) is 13.5. The Balaban J connectivity index is 1.77. The van der Waals surface area contributed by atoms with Crippen LogP contribution < -0.4 is 9.64 Å². The van der Waals surface area contributed by atoms with Crippen LogP contribution in [0.2, 0.25) is 0 Å². The first kappa shape index (κ1) is 22.6. The van der Waals surface area contributed by atoms with E-state index in [0.29, 0.717) is 39.0 Å². The summed E-state index contributed by atoms with van der Waals surface area (Å²) >= 11 is 1.47. The van der Waals surface area contributed by atoms with E-state index in [4.69, 9.17) is 9.72 Å². The van der Waals surface area contributed by atoms with E-state index in [9.17, 15) is 15.6 Å². The number of hydrogen-bond acceptors (Lipinski definition) is 8. The maximum atomic E-state index is 10.1. The lowest BCUT2D eigenvalue weighted by molar-refractivity contribution is 0.123. The highest BCUT2D eigenvalue weighted by atomic mass is 32.2. The zero-order chi connectivity index (χ0) is 23.2. The summed E-state index contributed by atoms with van der Waals surface area (Å²) in [6.45, 7) is 3.53. The smallest absolute Gasteiger partial charge is 0.148 e. The first-order chi connectivity index (χ1) is 16.1. The van der Waals surface area contributed by atoms with Crippen molar-refractivity contribution in [2.75, 3.05) is 24.6 Å². The summed E-state index contributed by atoms with van der Waals surface area (Å²) < 4.78 is 5.56. The van der Waals surface area contributed by atoms with Crippen molar-refractivity contribution < 1.29 is 9.84 Å². The number of aliphatic hydroxyl groups excluding tert-OH is 1. The topological polar surface area (TPSA) is 106 Å². The minimum absolute atomic E-state index is 0.190. The van der Waals surface area contributed by atoms with Gasteiger partial charge in [0.25, 0.3) is 0 Å². The van der Waals surface area contributed by atoms with Gasteiger partial charge in [-0.15, -0.1) is 11.8 Å². The Kier molecular flexibility index (Phi) is 7.09. The van der Waals surface area contributed by atoms with Gasteiger partial charge in [0.15, 0.2) is 0 Å². The standard InChI is InChI=1S/C25H23N5O2S/c1-17(31)15-32-20-7-5-19(6-8-20)23-21(12-26)24(30-10-3-11-30)29-25(22(23)13-27)33-16-18-4-2-9-28-14-18/h2,4-9,14,17,31H,3,10-11,15-16H2,1H3. The fraction of sp³-hybridized carbons (Fsp3) is 0.280. The van der Waals surface area contributed by atoms with Gasteiger partial charge in [-0.1, -0.05) is 18.2 Å². The summed E-state index contributed by atoms with van der Waals surface area (Å²) in [4.78, 5) is 11.0. The lowest BCUT2D eigenvalue weighted by Crippen LogP contribution is -2.38. The molecule has 166 valence electrons. The van der Waals surface area contributed by atoms with Crippen molar-refractivity contribution in [1.82, 2.24) is 9.97 Å². The average molecular weight is 458 g/mol. The highest BCUT2D eigenvalue weighted by molar-refractivity contribution is 7.98. The molecule has 0 bridgehead atoms. The third kappa shape index (κ3) is 5.09. The Morgan fingerprint density at radius 3 is 2.48 bits per heavy atom. The molecule has 1 N–H and O–H groups in total. The van der Waals surface area contributed by atoms with Gasteiger partial charge >= 0.3 is 0 Å². The van der Waals surface area contributed by atoms with Crippen molar-refractivity contribution in [2.24, 2.45) is 0 Å². The van der Waals surface area contributed by atoms with E-state index in [0.717, 1.165) is 30.6 Å². The molecule has 4 rings (SSSR count). The van der Waals surface area contributed by atoms with Gasteiger partial charge in [-0.25, -0.2) is 4.98 Å². The lowest BCUT2D eigenvalue weighted by atomic mass is 9.96. The minimum Gasteiger partial charge on any atom is -0.491 e. The number of rotatable bonds is 8. The lowest BCUT2D eigenvalue weighted by Gasteiger charge is -2.33. The SMILES string of the molecule is CC(O)COc1ccc(-c2c(C#N)c(SCc3cccnc3)nc(N3CCC3)c2C#N)cc1. The molecule has 3 heterocycles. The molecule has 1 aliphatic heterocycles. The Bertz CT molecular complexity index is 1200. The number of aliphatic hydroxyl groups is 1. The van der Waals surface area contributed by atoms with Gasteiger partial charge in [0.2, 0.25) is 0 Å². The third-order valence-electron chi connectivity index (χ3n) is 5.26. The molecule has 0 saturated carbocycles. The molecule has 0 amide bonds. The predicted molar refractivity (Wildman–Crippen MR) is 127 cm³/mol. The van der Waals surface area contributed by atoms with E-state index in [1.807, 2.05) is 24.3 Å². The molecule has 1 aromatic carbocycles. The van der Waals surface area contributed by atoms with Crippen molar-refractivity contribution in [3.63, 3.8) is 0 Å². The van der Waals surface area contributed by atoms with Crippen molar-refractivity contribution in [2.45, 2.75) is 30.2 Å². The molecule has 7 nitrogen and oxygen atoms in total. The van der Waals surface area contributed by atoms with Gasteiger partial charge in [0.05, 0.1) is 11.7 Å². The summed E-state index contributed by atoms with van der Waals surface area (Å²) in [5.74, 6) is 1.85. The fourth-order valence-corrected chi connectivity index (χ4v) is 4.40. The van der Waals surface area contributed by atoms with Gasteiger partial charge in [-0.05, 0) is 42.7 Å². The van der Waals surface area contributed by atoms with Gasteiger partial charge in [-0.3, -0.25) is 4.98 Å². The largest absolute Gasteiger partial charge is 0.491 e. The molecule has 2 aromatic heterocycles. The number of benzene rings is 1. The maximum Gasteiger partial charge on any atom is 0.148 e. The first-order valence-corrected chi connectivity index (χ1v) is 11.7. The van der Waals surface area contributed by atoms with Crippen LogP contribution in [0, 0.1) is 22.7 Å². The molecular weight excluding hydrogens is 434 g/mol. The van der Waals surface area contributed by atoms with Crippen molar-refractivity contribution in [3.05, 3.63) is 65.5 Å². The van der Waals surface area contributed by atoms with E-state index in [2.05, 4.69) is 22.0 Å². The highest BCUT2D eigenvalue weighted by Gasteiger charge is 2.27. The monoisotopic (exact) mass is 457 g/mol. The molecule has 8 heteroatoms. The molecule has 0 radical (unpaired) electrons. The summed E-state index contributed by atoms with van der Waals surface area (Å²) in [7, 11) is 0. The van der Waals surface area contributed by atoms with Crippen LogP contribution in [0.4, 0.5) is 5.82 Å². The molecule has 1 fully saturated rings. The van der Waals surface area contributed by atoms with Gasteiger partial charge in [-0.2, -0.15) is 10.5 Å². The van der Waals surface area contributed by atoms with E-state index in [1.165, 1.54) is 11.8 Å². The van der Waals surface area contributed by atoms with E-state index >= 15 is 0 Å². The molecule has 33 heavy (non-hydrogen) atoms. The molecule has 1 atom stereocenters. The quantitative estimate of drug-likeness (QED) is 0.503. The number of hydrogen-bond donors (Lipinski definition) is 1. The van der Waals surface area contributed by atoms with Crippen LogP contribution in [-0.4, -0.2) is 40.9 Å². The molecule has 3 aromatic rings. The molecule has 1 saturated heterocycles. The minimum atomic E-state index is -0.571. The van der Waals surface area contributed by atoms with Gasteiger partial charge in [0, 0.05) is 36.8 Å². The number of anilines is 1. The van der Waals surface area contributed by atoms with Crippen LogP contribution in [0.3, 0.4) is 0 Å². The summed E-state index contributed by atoms with van der Waals surface area (Å²) in [5, 5.41) is 30.2. The van der Waals surface area contributed by atoms with Crippen LogP contribution in [0.15, 0.2) is 53.8 Å². The predicted octanol–water partition coefficient (Wildman–Crippen LogP) is 4.15. The Labute approximate surface area is 197 Å². The summed E-state index contributed by atoms with van der Waals surface area (Å²) in [6.07, 6.45) is 4.00. The third-order valence-corrected chi connectivity index (χ3v) is 6.30. The Hall–Kier alpha value is -3.59. The van der Waals surface area contributed by atoms with Crippen molar-refractivity contribution in [3.8, 4) is 29.0 Å². The first-order valence-electron chi connectivity index (χ1n) is 10.7. The van der Waals surface area contributed by atoms with Crippen LogP contribution >= 0.6 is 11.8 Å². The van der Waals surface area contributed by atoms with Gasteiger partial charge in [0.1, 0.15) is 40.9 Å².